The Labute approximate surface area is 166 Å². The first-order valence-corrected chi connectivity index (χ1v) is 8.98. The highest BCUT2D eigenvalue weighted by Crippen LogP contribution is 2.16. The van der Waals surface area contributed by atoms with Gasteiger partial charge in [-0.15, -0.1) is 0 Å². The van der Waals surface area contributed by atoms with Crippen LogP contribution in [0.4, 0.5) is 0 Å². The summed E-state index contributed by atoms with van der Waals surface area (Å²) in [6.45, 7) is 0.393. The van der Waals surface area contributed by atoms with Gasteiger partial charge in [-0.3, -0.25) is 19.1 Å². The van der Waals surface area contributed by atoms with E-state index in [0.29, 0.717) is 34.4 Å². The van der Waals surface area contributed by atoms with Crippen LogP contribution in [0.2, 0.25) is 0 Å². The SMILES string of the molecule is COc1cccc(-n2cnc3cc(C(=O)NCc4ccncc4)ccc3c2=O)c1. The number of pyridine rings is 1. The Morgan fingerprint density at radius 3 is 2.72 bits per heavy atom. The first-order chi connectivity index (χ1) is 14.2. The highest BCUT2D eigenvalue weighted by atomic mass is 16.5. The molecule has 7 nitrogen and oxygen atoms in total. The molecule has 144 valence electrons. The van der Waals surface area contributed by atoms with Crippen molar-refractivity contribution < 1.29 is 9.53 Å². The Balaban J connectivity index is 1.62. The topological polar surface area (TPSA) is 86.1 Å². The fraction of sp³-hybridized carbons (Fsp3) is 0.0909. The number of carbonyl (C=O) groups excluding carboxylic acids is 1. The standard InChI is InChI=1S/C22H18N4O3/c1-29-18-4-2-3-17(12-18)26-14-25-20-11-16(5-6-19(20)22(26)28)21(27)24-13-15-7-9-23-10-8-15/h2-12,14H,13H2,1H3,(H,24,27). The molecule has 2 aromatic heterocycles. The van der Waals surface area contributed by atoms with Gasteiger partial charge in [0.15, 0.2) is 0 Å². The Hall–Kier alpha value is -4.00. The second-order valence-corrected chi connectivity index (χ2v) is 6.39. The number of aromatic nitrogens is 3. The van der Waals surface area contributed by atoms with E-state index in [1.165, 1.54) is 10.9 Å². The van der Waals surface area contributed by atoms with Crippen molar-refractivity contribution in [1.29, 1.82) is 0 Å². The van der Waals surface area contributed by atoms with Crippen LogP contribution in [0.5, 0.6) is 5.75 Å². The van der Waals surface area contributed by atoms with Crippen molar-refractivity contribution in [1.82, 2.24) is 19.9 Å². The van der Waals surface area contributed by atoms with Gasteiger partial charge in [0, 0.05) is 30.6 Å². The summed E-state index contributed by atoms with van der Waals surface area (Å²) in [6.07, 6.45) is 4.81. The largest absolute Gasteiger partial charge is 0.497 e. The molecule has 0 saturated carbocycles. The van der Waals surface area contributed by atoms with Gasteiger partial charge in [-0.2, -0.15) is 0 Å². The number of ether oxygens (including phenoxy) is 1. The average molecular weight is 386 g/mol. The highest BCUT2D eigenvalue weighted by molar-refractivity contribution is 5.97. The molecule has 0 fully saturated rings. The maximum Gasteiger partial charge on any atom is 0.265 e. The molecule has 0 bridgehead atoms. The van der Waals surface area contributed by atoms with E-state index in [2.05, 4.69) is 15.3 Å². The van der Waals surface area contributed by atoms with Crippen LogP contribution < -0.4 is 15.6 Å². The van der Waals surface area contributed by atoms with E-state index in [1.807, 2.05) is 12.1 Å². The van der Waals surface area contributed by atoms with Crippen LogP contribution in [0.3, 0.4) is 0 Å². The van der Waals surface area contributed by atoms with Crippen LogP contribution in [0.1, 0.15) is 15.9 Å². The molecule has 1 amide bonds. The third kappa shape index (κ3) is 3.84. The Morgan fingerprint density at radius 2 is 1.93 bits per heavy atom. The smallest absolute Gasteiger partial charge is 0.265 e. The summed E-state index contributed by atoms with van der Waals surface area (Å²) in [6, 6.07) is 15.7. The first kappa shape index (κ1) is 18.4. The summed E-state index contributed by atoms with van der Waals surface area (Å²) in [5.41, 5.74) is 2.30. The van der Waals surface area contributed by atoms with Crippen molar-refractivity contribution in [3.05, 3.63) is 94.8 Å². The van der Waals surface area contributed by atoms with Gasteiger partial charge in [0.05, 0.1) is 23.7 Å². The van der Waals surface area contributed by atoms with Gasteiger partial charge in [-0.1, -0.05) is 6.07 Å². The molecule has 0 aliphatic heterocycles. The highest BCUT2D eigenvalue weighted by Gasteiger charge is 2.11. The van der Waals surface area contributed by atoms with E-state index in [0.717, 1.165) is 5.56 Å². The number of benzene rings is 2. The molecule has 29 heavy (non-hydrogen) atoms. The van der Waals surface area contributed by atoms with Crippen molar-refractivity contribution >= 4 is 16.8 Å². The molecule has 0 saturated heterocycles. The summed E-state index contributed by atoms with van der Waals surface area (Å²) in [5.74, 6) is 0.415. The second-order valence-electron chi connectivity index (χ2n) is 6.39. The summed E-state index contributed by atoms with van der Waals surface area (Å²) in [7, 11) is 1.57. The van der Waals surface area contributed by atoms with Gasteiger partial charge < -0.3 is 10.1 Å². The molecule has 0 spiro atoms. The van der Waals surface area contributed by atoms with Gasteiger partial charge in [-0.25, -0.2) is 4.98 Å². The molecular formula is C22H18N4O3. The molecule has 0 radical (unpaired) electrons. The maximum absolute atomic E-state index is 12.9. The number of methoxy groups -OCH3 is 1. The lowest BCUT2D eigenvalue weighted by atomic mass is 10.1. The predicted octanol–water partition coefficient (Wildman–Crippen LogP) is 2.72. The van der Waals surface area contributed by atoms with Crippen LogP contribution in [0.25, 0.3) is 16.6 Å². The Morgan fingerprint density at radius 1 is 1.10 bits per heavy atom. The van der Waals surface area contributed by atoms with Crippen LogP contribution in [0, 0.1) is 0 Å². The quantitative estimate of drug-likeness (QED) is 0.570. The van der Waals surface area contributed by atoms with Crippen molar-refractivity contribution in [3.8, 4) is 11.4 Å². The molecule has 1 N–H and O–H groups in total. The number of fused-ring (bicyclic) bond motifs is 1. The van der Waals surface area contributed by atoms with Gasteiger partial charge >= 0.3 is 0 Å². The van der Waals surface area contributed by atoms with Crippen LogP contribution >= 0.6 is 0 Å². The minimum Gasteiger partial charge on any atom is -0.497 e. The van der Waals surface area contributed by atoms with Gasteiger partial charge in [0.2, 0.25) is 0 Å². The maximum atomic E-state index is 12.9. The number of carbonyl (C=O) groups is 1. The van der Waals surface area contributed by atoms with E-state index < -0.39 is 0 Å². The van der Waals surface area contributed by atoms with Crippen LogP contribution in [-0.4, -0.2) is 27.6 Å². The van der Waals surface area contributed by atoms with Crippen LogP contribution in [-0.2, 0) is 6.54 Å². The molecule has 4 rings (SSSR count). The van der Waals surface area contributed by atoms with Gasteiger partial charge in [0.25, 0.3) is 11.5 Å². The van der Waals surface area contributed by atoms with Gasteiger partial charge in [0.1, 0.15) is 12.1 Å². The molecule has 4 aromatic rings. The molecule has 2 aromatic carbocycles. The molecule has 0 atom stereocenters. The number of amides is 1. The third-order valence-corrected chi connectivity index (χ3v) is 4.56. The lowest BCUT2D eigenvalue weighted by molar-refractivity contribution is 0.0951. The van der Waals surface area contributed by atoms with Crippen molar-refractivity contribution in [2.24, 2.45) is 0 Å². The summed E-state index contributed by atoms with van der Waals surface area (Å²) in [5, 5.41) is 3.28. The third-order valence-electron chi connectivity index (χ3n) is 4.56. The zero-order valence-electron chi connectivity index (χ0n) is 15.7. The van der Waals surface area contributed by atoms with Crippen LogP contribution in [0.15, 0.2) is 78.1 Å². The predicted molar refractivity (Wildman–Crippen MR) is 109 cm³/mol. The number of nitrogens with zero attached hydrogens (tertiary/aromatic N) is 3. The van der Waals surface area contributed by atoms with Crippen molar-refractivity contribution in [2.75, 3.05) is 7.11 Å². The summed E-state index contributed by atoms with van der Waals surface area (Å²) in [4.78, 5) is 33.7. The molecule has 0 unspecified atom stereocenters. The second kappa shape index (κ2) is 7.93. The fourth-order valence-electron chi connectivity index (χ4n) is 2.99. The monoisotopic (exact) mass is 386 g/mol. The molecular weight excluding hydrogens is 368 g/mol. The molecule has 2 heterocycles. The average Bonchev–Trinajstić information content (AvgIpc) is 2.78. The Kier molecular flexibility index (Phi) is 5.03. The molecule has 7 heteroatoms. The number of hydrogen-bond donors (Lipinski definition) is 1. The molecule has 0 aliphatic carbocycles. The van der Waals surface area contributed by atoms with E-state index in [-0.39, 0.29) is 11.5 Å². The normalized spacial score (nSPS) is 10.7. The van der Waals surface area contributed by atoms with E-state index in [1.54, 1.807) is 62.0 Å². The minimum atomic E-state index is -0.234. The number of rotatable bonds is 5. The molecule has 0 aliphatic rings. The lowest BCUT2D eigenvalue weighted by Gasteiger charge is -2.09. The zero-order valence-corrected chi connectivity index (χ0v) is 15.7. The summed E-state index contributed by atoms with van der Waals surface area (Å²) >= 11 is 0. The Bertz CT molecular complexity index is 1240. The van der Waals surface area contributed by atoms with E-state index in [9.17, 15) is 9.59 Å². The van der Waals surface area contributed by atoms with E-state index in [4.69, 9.17) is 4.74 Å². The summed E-state index contributed by atoms with van der Waals surface area (Å²) < 4.78 is 6.67. The van der Waals surface area contributed by atoms with Crippen molar-refractivity contribution in [3.63, 3.8) is 0 Å². The number of nitrogens with one attached hydrogen (secondary N) is 1. The minimum absolute atomic E-state index is 0.216. The van der Waals surface area contributed by atoms with E-state index >= 15 is 0 Å². The zero-order chi connectivity index (χ0) is 20.2. The lowest BCUT2D eigenvalue weighted by Crippen LogP contribution is -2.23. The fourth-order valence-corrected chi connectivity index (χ4v) is 2.99. The number of hydrogen-bond acceptors (Lipinski definition) is 5. The van der Waals surface area contributed by atoms with Crippen molar-refractivity contribution in [2.45, 2.75) is 6.54 Å². The van der Waals surface area contributed by atoms with Gasteiger partial charge in [-0.05, 0) is 48.0 Å². The first-order valence-electron chi connectivity index (χ1n) is 8.98.